The van der Waals surface area contributed by atoms with Crippen molar-refractivity contribution in [1.29, 1.82) is 0 Å². The number of ether oxygens (including phenoxy) is 1. The molecule has 2 N–H and O–H groups in total. The Hall–Kier alpha value is -1.47. The summed E-state index contributed by atoms with van der Waals surface area (Å²) in [4.78, 5) is 8.32. The van der Waals surface area contributed by atoms with Crippen molar-refractivity contribution in [2.75, 3.05) is 12.3 Å². The van der Waals surface area contributed by atoms with Crippen molar-refractivity contribution in [3.8, 4) is 11.4 Å². The van der Waals surface area contributed by atoms with Crippen LogP contribution in [-0.4, -0.2) is 21.7 Å². The molecule has 3 rings (SSSR count). The third kappa shape index (κ3) is 2.11. The molecular formula is C11H11BrN4O2. The molecule has 1 aliphatic rings. The summed E-state index contributed by atoms with van der Waals surface area (Å²) >= 11 is 3.39. The van der Waals surface area contributed by atoms with E-state index in [9.17, 15) is 0 Å². The minimum Gasteiger partial charge on any atom is -0.384 e. The van der Waals surface area contributed by atoms with Gasteiger partial charge in [-0.05, 0) is 34.8 Å². The standard InChI is InChI=1S/C11H11BrN4O2/c12-7-5-14-9(13)4-6(7)10-15-11(18-16-10)8-2-1-3-17-8/h4-5,8H,1-3H2,(H2,13,14). The molecule has 0 amide bonds. The van der Waals surface area contributed by atoms with Crippen molar-refractivity contribution in [3.05, 3.63) is 22.6 Å². The Morgan fingerprint density at radius 3 is 3.11 bits per heavy atom. The molecule has 0 radical (unpaired) electrons. The van der Waals surface area contributed by atoms with Gasteiger partial charge in [-0.15, -0.1) is 0 Å². The Bertz CT molecular complexity index is 566. The van der Waals surface area contributed by atoms with Crippen LogP contribution in [0.5, 0.6) is 0 Å². The molecule has 1 atom stereocenters. The van der Waals surface area contributed by atoms with Crippen LogP contribution in [0.15, 0.2) is 21.3 Å². The summed E-state index contributed by atoms with van der Waals surface area (Å²) in [5, 5.41) is 3.95. The zero-order chi connectivity index (χ0) is 12.5. The second kappa shape index (κ2) is 4.66. The van der Waals surface area contributed by atoms with Gasteiger partial charge in [0.15, 0.2) is 0 Å². The maximum Gasteiger partial charge on any atom is 0.256 e. The van der Waals surface area contributed by atoms with E-state index in [1.165, 1.54) is 0 Å². The molecule has 1 unspecified atom stereocenters. The van der Waals surface area contributed by atoms with E-state index < -0.39 is 0 Å². The first kappa shape index (κ1) is 11.6. The number of anilines is 1. The van der Waals surface area contributed by atoms with Gasteiger partial charge < -0.3 is 15.0 Å². The largest absolute Gasteiger partial charge is 0.384 e. The Morgan fingerprint density at radius 2 is 2.33 bits per heavy atom. The van der Waals surface area contributed by atoms with Gasteiger partial charge in [0.1, 0.15) is 11.9 Å². The van der Waals surface area contributed by atoms with E-state index in [0.717, 1.165) is 29.5 Å². The zero-order valence-corrected chi connectivity index (χ0v) is 11.1. The maximum absolute atomic E-state index is 5.65. The van der Waals surface area contributed by atoms with E-state index in [1.54, 1.807) is 12.3 Å². The summed E-state index contributed by atoms with van der Waals surface area (Å²) in [7, 11) is 0. The Kier molecular flexibility index (Phi) is 3.00. The first-order valence-corrected chi connectivity index (χ1v) is 6.40. The van der Waals surface area contributed by atoms with Gasteiger partial charge in [0.05, 0.1) is 0 Å². The van der Waals surface area contributed by atoms with E-state index in [4.69, 9.17) is 15.0 Å². The lowest BCUT2D eigenvalue weighted by molar-refractivity contribution is 0.0835. The third-order valence-corrected chi connectivity index (χ3v) is 3.40. The second-order valence-corrected chi connectivity index (χ2v) is 4.90. The van der Waals surface area contributed by atoms with E-state index >= 15 is 0 Å². The number of nitrogens with zero attached hydrogens (tertiary/aromatic N) is 3. The Morgan fingerprint density at radius 1 is 1.44 bits per heavy atom. The van der Waals surface area contributed by atoms with Gasteiger partial charge in [-0.2, -0.15) is 4.98 Å². The first-order valence-electron chi connectivity index (χ1n) is 5.60. The number of hydrogen-bond acceptors (Lipinski definition) is 6. The molecular weight excluding hydrogens is 300 g/mol. The van der Waals surface area contributed by atoms with Gasteiger partial charge >= 0.3 is 0 Å². The molecule has 18 heavy (non-hydrogen) atoms. The van der Waals surface area contributed by atoms with Crippen LogP contribution in [0, 0.1) is 0 Å². The number of rotatable bonds is 2. The molecule has 0 saturated carbocycles. The van der Waals surface area contributed by atoms with Crippen LogP contribution >= 0.6 is 15.9 Å². The lowest BCUT2D eigenvalue weighted by Gasteiger charge is -2.01. The number of hydrogen-bond donors (Lipinski definition) is 1. The average molecular weight is 311 g/mol. The van der Waals surface area contributed by atoms with Crippen LogP contribution in [0.25, 0.3) is 11.4 Å². The highest BCUT2D eigenvalue weighted by atomic mass is 79.9. The van der Waals surface area contributed by atoms with Gasteiger partial charge in [-0.3, -0.25) is 0 Å². The predicted octanol–water partition coefficient (Wildman–Crippen LogP) is 2.33. The van der Waals surface area contributed by atoms with Crippen LogP contribution in [0.3, 0.4) is 0 Å². The monoisotopic (exact) mass is 310 g/mol. The SMILES string of the molecule is Nc1cc(-c2noc(C3CCCO3)n2)c(Br)cn1. The summed E-state index contributed by atoms with van der Waals surface area (Å²) in [6.07, 6.45) is 3.48. The molecule has 6 nitrogen and oxygen atoms in total. The van der Waals surface area contributed by atoms with Gasteiger partial charge in [-0.1, -0.05) is 5.16 Å². The maximum atomic E-state index is 5.65. The Labute approximate surface area is 112 Å². The normalized spacial score (nSPS) is 19.3. The fourth-order valence-electron chi connectivity index (χ4n) is 1.87. The van der Waals surface area contributed by atoms with Crippen molar-refractivity contribution in [1.82, 2.24) is 15.1 Å². The quantitative estimate of drug-likeness (QED) is 0.916. The molecule has 0 bridgehead atoms. The van der Waals surface area contributed by atoms with Crippen molar-refractivity contribution in [2.45, 2.75) is 18.9 Å². The number of nitrogens with two attached hydrogens (primary N) is 1. The van der Waals surface area contributed by atoms with Crippen molar-refractivity contribution in [3.63, 3.8) is 0 Å². The molecule has 3 heterocycles. The summed E-state index contributed by atoms with van der Waals surface area (Å²) in [5.74, 6) is 1.42. The van der Waals surface area contributed by atoms with Crippen LogP contribution in [0.4, 0.5) is 5.82 Å². The lowest BCUT2D eigenvalue weighted by Crippen LogP contribution is -1.96. The fourth-order valence-corrected chi connectivity index (χ4v) is 2.27. The molecule has 0 spiro atoms. The Balaban J connectivity index is 1.94. The summed E-state index contributed by atoms with van der Waals surface area (Å²) in [6, 6.07) is 1.70. The van der Waals surface area contributed by atoms with Crippen LogP contribution in [-0.2, 0) is 4.74 Å². The summed E-state index contributed by atoms with van der Waals surface area (Å²) in [5.41, 5.74) is 6.41. The van der Waals surface area contributed by atoms with Gasteiger partial charge in [-0.25, -0.2) is 4.98 Å². The molecule has 1 fully saturated rings. The van der Waals surface area contributed by atoms with Gasteiger partial charge in [0, 0.05) is 22.8 Å². The lowest BCUT2D eigenvalue weighted by atomic mass is 10.2. The van der Waals surface area contributed by atoms with E-state index in [0.29, 0.717) is 17.5 Å². The highest BCUT2D eigenvalue weighted by Gasteiger charge is 2.24. The number of nitrogen functional groups attached to an aromatic ring is 1. The molecule has 7 heteroatoms. The van der Waals surface area contributed by atoms with Crippen molar-refractivity contribution < 1.29 is 9.26 Å². The number of halogens is 1. The molecule has 1 saturated heterocycles. The van der Waals surface area contributed by atoms with Crippen LogP contribution < -0.4 is 5.73 Å². The molecule has 2 aromatic rings. The van der Waals surface area contributed by atoms with Crippen molar-refractivity contribution >= 4 is 21.7 Å². The van der Waals surface area contributed by atoms with Crippen LogP contribution in [0.2, 0.25) is 0 Å². The number of aromatic nitrogens is 3. The van der Waals surface area contributed by atoms with E-state index in [-0.39, 0.29) is 6.10 Å². The molecule has 0 aromatic carbocycles. The summed E-state index contributed by atoms with van der Waals surface area (Å²) < 4.78 is 11.5. The minimum absolute atomic E-state index is 0.0794. The smallest absolute Gasteiger partial charge is 0.256 e. The molecule has 2 aromatic heterocycles. The average Bonchev–Trinajstić information content (AvgIpc) is 3.00. The fraction of sp³-hybridized carbons (Fsp3) is 0.364. The van der Waals surface area contributed by atoms with Crippen molar-refractivity contribution in [2.24, 2.45) is 0 Å². The third-order valence-electron chi connectivity index (χ3n) is 2.76. The van der Waals surface area contributed by atoms with Crippen LogP contribution in [0.1, 0.15) is 24.8 Å². The summed E-state index contributed by atoms with van der Waals surface area (Å²) in [6.45, 7) is 0.744. The second-order valence-electron chi connectivity index (χ2n) is 4.05. The molecule has 94 valence electrons. The first-order chi connectivity index (χ1) is 8.74. The topological polar surface area (TPSA) is 87.1 Å². The highest BCUT2D eigenvalue weighted by molar-refractivity contribution is 9.10. The van der Waals surface area contributed by atoms with Gasteiger partial charge in [0.25, 0.3) is 5.89 Å². The number of pyridine rings is 1. The molecule has 0 aliphatic carbocycles. The highest BCUT2D eigenvalue weighted by Crippen LogP contribution is 2.31. The van der Waals surface area contributed by atoms with E-state index in [1.807, 2.05) is 0 Å². The van der Waals surface area contributed by atoms with Gasteiger partial charge in [0.2, 0.25) is 5.82 Å². The minimum atomic E-state index is -0.0794. The zero-order valence-electron chi connectivity index (χ0n) is 9.47. The molecule has 1 aliphatic heterocycles. The van der Waals surface area contributed by atoms with E-state index in [2.05, 4.69) is 31.1 Å². The predicted molar refractivity (Wildman–Crippen MR) is 67.6 cm³/mol.